The molecule has 0 spiro atoms. The van der Waals surface area contributed by atoms with Gasteiger partial charge in [0.2, 0.25) is 0 Å². The Morgan fingerprint density at radius 3 is 3.00 bits per heavy atom. The summed E-state index contributed by atoms with van der Waals surface area (Å²) in [5.74, 6) is -0.165. The second kappa shape index (κ2) is 4.85. The quantitative estimate of drug-likeness (QED) is 0.882. The van der Waals surface area contributed by atoms with Gasteiger partial charge in [0.25, 0.3) is 5.91 Å². The normalized spacial score (nSPS) is 12.1. The number of carbonyl (C=O) groups excluding carboxylic acids is 1. The highest BCUT2D eigenvalue weighted by Crippen LogP contribution is 2.16. The molecule has 2 aromatic rings. The van der Waals surface area contributed by atoms with E-state index in [-0.39, 0.29) is 11.9 Å². The van der Waals surface area contributed by atoms with Crippen molar-refractivity contribution in [2.45, 2.75) is 13.0 Å². The number of hydrogen-bond donors (Lipinski definition) is 1. The zero-order valence-electron chi connectivity index (χ0n) is 8.75. The third-order valence-corrected chi connectivity index (χ3v) is 3.08. The SMILES string of the molecule is C[C@@H](NC(=O)c1ccccn1)c1cncs1. The smallest absolute Gasteiger partial charge is 0.270 e. The van der Waals surface area contributed by atoms with Crippen LogP contribution in [0.15, 0.2) is 36.1 Å². The average Bonchev–Trinajstić information content (AvgIpc) is 2.83. The van der Waals surface area contributed by atoms with Crippen molar-refractivity contribution < 1.29 is 4.79 Å². The van der Waals surface area contributed by atoms with Gasteiger partial charge in [-0.2, -0.15) is 0 Å². The molecule has 1 atom stereocenters. The second-order valence-corrected chi connectivity index (χ2v) is 4.23. The summed E-state index contributed by atoms with van der Waals surface area (Å²) in [7, 11) is 0. The molecular weight excluding hydrogens is 222 g/mol. The second-order valence-electron chi connectivity index (χ2n) is 3.31. The standard InChI is InChI=1S/C11H11N3OS/c1-8(10-6-12-7-16-10)14-11(15)9-4-2-3-5-13-9/h2-8H,1H3,(H,14,15)/t8-/m1/s1. The predicted octanol–water partition coefficient (Wildman–Crippen LogP) is 2.03. The highest BCUT2D eigenvalue weighted by Gasteiger charge is 2.12. The van der Waals surface area contributed by atoms with Crippen LogP contribution >= 0.6 is 11.3 Å². The summed E-state index contributed by atoms with van der Waals surface area (Å²) in [5.41, 5.74) is 2.18. The lowest BCUT2D eigenvalue weighted by atomic mass is 10.2. The molecular formula is C11H11N3OS. The molecule has 5 heteroatoms. The molecule has 2 aromatic heterocycles. The molecule has 82 valence electrons. The summed E-state index contributed by atoms with van der Waals surface area (Å²) in [6, 6.07) is 5.22. The minimum atomic E-state index is -0.165. The number of nitrogens with one attached hydrogen (secondary N) is 1. The summed E-state index contributed by atoms with van der Waals surface area (Å²) in [4.78, 5) is 20.8. The van der Waals surface area contributed by atoms with Crippen LogP contribution in [0.4, 0.5) is 0 Å². The molecule has 0 aliphatic heterocycles. The fourth-order valence-electron chi connectivity index (χ4n) is 1.28. The van der Waals surface area contributed by atoms with E-state index in [9.17, 15) is 4.79 Å². The van der Waals surface area contributed by atoms with Crippen LogP contribution in [0, 0.1) is 0 Å². The van der Waals surface area contributed by atoms with E-state index in [0.717, 1.165) is 4.88 Å². The Hall–Kier alpha value is -1.75. The minimum Gasteiger partial charge on any atom is -0.343 e. The number of amides is 1. The van der Waals surface area contributed by atoms with E-state index in [0.29, 0.717) is 5.69 Å². The molecule has 0 aliphatic rings. The van der Waals surface area contributed by atoms with Gasteiger partial charge in [-0.1, -0.05) is 6.07 Å². The zero-order chi connectivity index (χ0) is 11.4. The summed E-state index contributed by atoms with van der Waals surface area (Å²) in [5, 5.41) is 2.87. The van der Waals surface area contributed by atoms with Gasteiger partial charge >= 0.3 is 0 Å². The summed E-state index contributed by atoms with van der Waals surface area (Å²) in [6.45, 7) is 1.92. The van der Waals surface area contributed by atoms with Crippen molar-refractivity contribution in [2.75, 3.05) is 0 Å². The van der Waals surface area contributed by atoms with Crippen LogP contribution in [0.2, 0.25) is 0 Å². The first-order chi connectivity index (χ1) is 7.77. The maximum absolute atomic E-state index is 11.8. The Balaban J connectivity index is 2.03. The van der Waals surface area contributed by atoms with Crippen LogP contribution in [0.25, 0.3) is 0 Å². The van der Waals surface area contributed by atoms with Gasteiger partial charge in [-0.25, -0.2) is 0 Å². The van der Waals surface area contributed by atoms with Crippen molar-refractivity contribution in [3.63, 3.8) is 0 Å². The number of pyridine rings is 1. The fraction of sp³-hybridized carbons (Fsp3) is 0.182. The lowest BCUT2D eigenvalue weighted by molar-refractivity contribution is 0.0935. The Morgan fingerprint density at radius 2 is 2.38 bits per heavy atom. The number of hydrogen-bond acceptors (Lipinski definition) is 4. The van der Waals surface area contributed by atoms with Crippen molar-refractivity contribution in [3.8, 4) is 0 Å². The van der Waals surface area contributed by atoms with E-state index >= 15 is 0 Å². The van der Waals surface area contributed by atoms with Gasteiger partial charge in [-0.3, -0.25) is 14.8 Å². The number of nitrogens with zero attached hydrogens (tertiary/aromatic N) is 2. The predicted molar refractivity (Wildman–Crippen MR) is 62.2 cm³/mol. The average molecular weight is 233 g/mol. The zero-order valence-corrected chi connectivity index (χ0v) is 9.57. The van der Waals surface area contributed by atoms with E-state index in [1.165, 1.54) is 11.3 Å². The van der Waals surface area contributed by atoms with E-state index in [1.807, 2.05) is 6.92 Å². The molecule has 0 radical (unpaired) electrons. The van der Waals surface area contributed by atoms with Crippen molar-refractivity contribution in [1.82, 2.24) is 15.3 Å². The molecule has 16 heavy (non-hydrogen) atoms. The molecule has 1 N–H and O–H groups in total. The molecule has 0 aromatic carbocycles. The largest absolute Gasteiger partial charge is 0.343 e. The van der Waals surface area contributed by atoms with Gasteiger partial charge in [-0.05, 0) is 19.1 Å². The van der Waals surface area contributed by atoms with Crippen LogP contribution < -0.4 is 5.32 Å². The van der Waals surface area contributed by atoms with E-state index < -0.39 is 0 Å². The van der Waals surface area contributed by atoms with Crippen molar-refractivity contribution >= 4 is 17.2 Å². The molecule has 0 unspecified atom stereocenters. The first-order valence-electron chi connectivity index (χ1n) is 4.87. The fourth-order valence-corrected chi connectivity index (χ4v) is 1.91. The first kappa shape index (κ1) is 10.8. The Kier molecular flexibility index (Phi) is 3.26. The Labute approximate surface area is 97.4 Å². The van der Waals surface area contributed by atoms with Crippen LogP contribution in [0.3, 0.4) is 0 Å². The first-order valence-corrected chi connectivity index (χ1v) is 5.75. The molecule has 4 nitrogen and oxygen atoms in total. The van der Waals surface area contributed by atoms with Gasteiger partial charge in [-0.15, -0.1) is 11.3 Å². The van der Waals surface area contributed by atoms with Crippen LogP contribution in [0.1, 0.15) is 28.3 Å². The Bertz CT molecular complexity index is 455. The summed E-state index contributed by atoms with van der Waals surface area (Å²) in [6.07, 6.45) is 3.36. The number of aromatic nitrogens is 2. The molecule has 0 fully saturated rings. The lowest BCUT2D eigenvalue weighted by Crippen LogP contribution is -2.26. The minimum absolute atomic E-state index is 0.0398. The molecule has 2 heterocycles. The summed E-state index contributed by atoms with van der Waals surface area (Å²) >= 11 is 1.52. The van der Waals surface area contributed by atoms with Crippen LogP contribution in [-0.2, 0) is 0 Å². The number of carbonyl (C=O) groups is 1. The molecule has 0 saturated carbocycles. The van der Waals surface area contributed by atoms with Gasteiger partial charge in [0.15, 0.2) is 0 Å². The maximum atomic E-state index is 11.8. The molecule has 0 bridgehead atoms. The molecule has 1 amide bonds. The van der Waals surface area contributed by atoms with Gasteiger partial charge < -0.3 is 5.32 Å². The Morgan fingerprint density at radius 1 is 1.50 bits per heavy atom. The number of thiazole rings is 1. The third kappa shape index (κ3) is 2.43. The van der Waals surface area contributed by atoms with Crippen molar-refractivity contribution in [2.24, 2.45) is 0 Å². The molecule has 2 rings (SSSR count). The highest BCUT2D eigenvalue weighted by molar-refractivity contribution is 7.09. The van der Waals surface area contributed by atoms with E-state index in [4.69, 9.17) is 0 Å². The summed E-state index contributed by atoms with van der Waals surface area (Å²) < 4.78 is 0. The lowest BCUT2D eigenvalue weighted by Gasteiger charge is -2.10. The van der Waals surface area contributed by atoms with Crippen LogP contribution in [0.5, 0.6) is 0 Å². The topological polar surface area (TPSA) is 54.9 Å². The van der Waals surface area contributed by atoms with Gasteiger partial charge in [0.1, 0.15) is 5.69 Å². The van der Waals surface area contributed by atoms with E-state index in [1.54, 1.807) is 36.1 Å². The third-order valence-electron chi connectivity index (χ3n) is 2.12. The van der Waals surface area contributed by atoms with E-state index in [2.05, 4.69) is 15.3 Å². The van der Waals surface area contributed by atoms with Crippen LogP contribution in [-0.4, -0.2) is 15.9 Å². The maximum Gasteiger partial charge on any atom is 0.270 e. The monoisotopic (exact) mass is 233 g/mol. The van der Waals surface area contributed by atoms with Gasteiger partial charge in [0.05, 0.1) is 11.6 Å². The highest BCUT2D eigenvalue weighted by atomic mass is 32.1. The number of rotatable bonds is 3. The molecule has 0 saturated heterocycles. The molecule has 0 aliphatic carbocycles. The van der Waals surface area contributed by atoms with Gasteiger partial charge in [0, 0.05) is 17.3 Å². The van der Waals surface area contributed by atoms with Crippen molar-refractivity contribution in [3.05, 3.63) is 46.7 Å². The van der Waals surface area contributed by atoms with Crippen molar-refractivity contribution in [1.29, 1.82) is 0 Å².